The number of carbonyl (C=O) groups excluding carboxylic acids is 3. The Morgan fingerprint density at radius 2 is 1.96 bits per heavy atom. The Morgan fingerprint density at radius 3 is 2.65 bits per heavy atom. The Morgan fingerprint density at radius 1 is 1.22 bits per heavy atom. The predicted octanol–water partition coefficient (Wildman–Crippen LogP) is 1.36. The fourth-order valence-corrected chi connectivity index (χ4v) is 2.59. The fraction of sp³-hybridized carbons (Fsp3) is 0.471. The number of hydrogen-bond donors (Lipinski definition) is 1. The summed E-state index contributed by atoms with van der Waals surface area (Å²) in [4.78, 5) is 37.2. The van der Waals surface area contributed by atoms with Gasteiger partial charge in [0.2, 0.25) is 0 Å². The number of ether oxygens (including phenoxy) is 1. The number of hydrogen-bond acceptors (Lipinski definition) is 4. The molecular weight excluding hydrogens is 296 g/mol. The van der Waals surface area contributed by atoms with Crippen molar-refractivity contribution in [1.82, 2.24) is 10.2 Å². The van der Waals surface area contributed by atoms with Crippen molar-refractivity contribution in [1.29, 1.82) is 0 Å². The summed E-state index contributed by atoms with van der Waals surface area (Å²) in [6.45, 7) is 2.18. The zero-order valence-corrected chi connectivity index (χ0v) is 13.3. The second-order valence-electron chi connectivity index (χ2n) is 5.64. The van der Waals surface area contributed by atoms with Crippen LogP contribution in [0.1, 0.15) is 36.5 Å². The summed E-state index contributed by atoms with van der Waals surface area (Å²) >= 11 is 0. The van der Waals surface area contributed by atoms with Gasteiger partial charge in [0.1, 0.15) is 6.54 Å². The minimum absolute atomic E-state index is 0.181. The largest absolute Gasteiger partial charge is 0.454 e. The van der Waals surface area contributed by atoms with Crippen LogP contribution in [0.2, 0.25) is 0 Å². The standard InChI is InChI=1S/C17H22N2O4/c1-13-7-5-6-10-19(13)15(20)12-23-16(21)11-18-17(22)14-8-3-2-4-9-14/h2-4,8-9,13H,5-7,10-12H2,1H3,(H,18,22)/t13-/m1/s1. The number of amides is 2. The third-order valence-corrected chi connectivity index (χ3v) is 3.91. The van der Waals surface area contributed by atoms with E-state index in [0.29, 0.717) is 12.1 Å². The minimum atomic E-state index is -0.618. The zero-order chi connectivity index (χ0) is 16.7. The molecule has 6 heteroatoms. The van der Waals surface area contributed by atoms with Crippen molar-refractivity contribution >= 4 is 17.8 Å². The predicted molar refractivity (Wildman–Crippen MR) is 84.8 cm³/mol. The van der Waals surface area contributed by atoms with Gasteiger partial charge >= 0.3 is 5.97 Å². The average Bonchev–Trinajstić information content (AvgIpc) is 2.58. The number of carbonyl (C=O) groups is 3. The SMILES string of the molecule is C[C@@H]1CCCCN1C(=O)COC(=O)CNC(=O)c1ccccc1. The first-order chi connectivity index (χ1) is 11.1. The molecule has 1 aliphatic heterocycles. The quantitative estimate of drug-likeness (QED) is 0.832. The van der Waals surface area contributed by atoms with Gasteiger partial charge in [-0.1, -0.05) is 18.2 Å². The van der Waals surface area contributed by atoms with E-state index >= 15 is 0 Å². The molecule has 0 aromatic heterocycles. The molecule has 0 saturated carbocycles. The second kappa shape index (κ2) is 8.31. The Labute approximate surface area is 135 Å². The van der Waals surface area contributed by atoms with Gasteiger partial charge in [0, 0.05) is 18.2 Å². The van der Waals surface area contributed by atoms with Crippen LogP contribution < -0.4 is 5.32 Å². The third kappa shape index (κ3) is 5.09. The average molecular weight is 318 g/mol. The molecule has 0 unspecified atom stereocenters. The number of likely N-dealkylation sites (tertiary alicyclic amines) is 1. The van der Waals surface area contributed by atoms with E-state index in [1.54, 1.807) is 35.2 Å². The highest BCUT2D eigenvalue weighted by atomic mass is 16.5. The second-order valence-corrected chi connectivity index (χ2v) is 5.64. The highest BCUT2D eigenvalue weighted by Crippen LogP contribution is 2.16. The highest BCUT2D eigenvalue weighted by molar-refractivity contribution is 5.96. The molecule has 6 nitrogen and oxygen atoms in total. The van der Waals surface area contributed by atoms with E-state index in [2.05, 4.69) is 5.32 Å². The number of benzene rings is 1. The molecule has 0 aliphatic carbocycles. The molecule has 0 bridgehead atoms. The Bertz CT molecular complexity index is 559. The van der Waals surface area contributed by atoms with Crippen LogP contribution in [0.4, 0.5) is 0 Å². The molecule has 1 N–H and O–H groups in total. The number of piperidine rings is 1. The van der Waals surface area contributed by atoms with E-state index in [9.17, 15) is 14.4 Å². The smallest absolute Gasteiger partial charge is 0.325 e. The molecule has 124 valence electrons. The first-order valence-electron chi connectivity index (χ1n) is 7.86. The summed E-state index contributed by atoms with van der Waals surface area (Å²) < 4.78 is 4.95. The maximum Gasteiger partial charge on any atom is 0.325 e. The Balaban J connectivity index is 1.70. The molecule has 0 spiro atoms. The van der Waals surface area contributed by atoms with Crippen LogP contribution in [-0.2, 0) is 14.3 Å². The summed E-state index contributed by atoms with van der Waals surface area (Å²) in [6.07, 6.45) is 3.08. The molecule has 2 rings (SSSR count). The summed E-state index contributed by atoms with van der Waals surface area (Å²) in [5.41, 5.74) is 0.471. The van der Waals surface area contributed by atoms with Crippen molar-refractivity contribution in [2.75, 3.05) is 19.7 Å². The van der Waals surface area contributed by atoms with Crippen molar-refractivity contribution in [2.24, 2.45) is 0 Å². The van der Waals surface area contributed by atoms with Crippen molar-refractivity contribution in [3.63, 3.8) is 0 Å². The van der Waals surface area contributed by atoms with Gasteiger partial charge in [-0.25, -0.2) is 0 Å². The van der Waals surface area contributed by atoms with Gasteiger partial charge < -0.3 is 15.0 Å². The fourth-order valence-electron chi connectivity index (χ4n) is 2.59. The van der Waals surface area contributed by atoms with Crippen molar-refractivity contribution < 1.29 is 19.1 Å². The van der Waals surface area contributed by atoms with E-state index in [0.717, 1.165) is 19.3 Å². The molecule has 1 atom stereocenters. The van der Waals surface area contributed by atoms with Crippen LogP contribution in [-0.4, -0.2) is 48.4 Å². The van der Waals surface area contributed by atoms with Crippen LogP contribution in [0.25, 0.3) is 0 Å². The van der Waals surface area contributed by atoms with Gasteiger partial charge in [0.15, 0.2) is 6.61 Å². The molecule has 1 heterocycles. The van der Waals surface area contributed by atoms with Crippen LogP contribution >= 0.6 is 0 Å². The number of nitrogens with one attached hydrogen (secondary N) is 1. The first kappa shape index (κ1) is 17.0. The van der Waals surface area contributed by atoms with Crippen LogP contribution in [0.15, 0.2) is 30.3 Å². The summed E-state index contributed by atoms with van der Waals surface area (Å²) in [7, 11) is 0. The first-order valence-corrected chi connectivity index (χ1v) is 7.86. The van der Waals surface area contributed by atoms with Crippen LogP contribution in [0.3, 0.4) is 0 Å². The molecule has 23 heavy (non-hydrogen) atoms. The summed E-state index contributed by atoms with van der Waals surface area (Å²) in [5, 5.41) is 2.47. The van der Waals surface area contributed by atoms with Crippen molar-refractivity contribution in [3.05, 3.63) is 35.9 Å². The lowest BCUT2D eigenvalue weighted by atomic mass is 10.0. The topological polar surface area (TPSA) is 75.7 Å². The van der Waals surface area contributed by atoms with Crippen LogP contribution in [0, 0.1) is 0 Å². The van der Waals surface area contributed by atoms with Crippen molar-refractivity contribution in [2.45, 2.75) is 32.2 Å². The lowest BCUT2D eigenvalue weighted by Gasteiger charge is -2.33. The molecule has 0 radical (unpaired) electrons. The lowest BCUT2D eigenvalue weighted by molar-refractivity contribution is -0.152. The molecule has 1 aliphatic rings. The zero-order valence-electron chi connectivity index (χ0n) is 13.3. The third-order valence-electron chi connectivity index (χ3n) is 3.91. The minimum Gasteiger partial charge on any atom is -0.454 e. The molecule has 1 fully saturated rings. The van der Waals surface area contributed by atoms with Gasteiger partial charge in [-0.2, -0.15) is 0 Å². The maximum atomic E-state index is 12.0. The number of esters is 1. The van der Waals surface area contributed by atoms with Gasteiger partial charge in [-0.3, -0.25) is 14.4 Å². The Hall–Kier alpha value is -2.37. The van der Waals surface area contributed by atoms with E-state index in [1.807, 2.05) is 6.92 Å². The number of nitrogens with zero attached hydrogens (tertiary/aromatic N) is 1. The van der Waals surface area contributed by atoms with E-state index < -0.39 is 5.97 Å². The normalized spacial score (nSPS) is 17.4. The molecule has 1 saturated heterocycles. The lowest BCUT2D eigenvalue weighted by Crippen LogP contribution is -2.44. The van der Waals surface area contributed by atoms with Gasteiger partial charge in [0.05, 0.1) is 0 Å². The maximum absolute atomic E-state index is 12.0. The number of rotatable bonds is 5. The molecular formula is C17H22N2O4. The monoisotopic (exact) mass is 318 g/mol. The van der Waals surface area contributed by atoms with Gasteiger partial charge in [0.25, 0.3) is 11.8 Å². The van der Waals surface area contributed by atoms with E-state index in [-0.39, 0.29) is 31.0 Å². The Kier molecular flexibility index (Phi) is 6.14. The molecule has 1 aromatic rings. The summed E-state index contributed by atoms with van der Waals surface area (Å²) in [5.74, 6) is -1.15. The van der Waals surface area contributed by atoms with Gasteiger partial charge in [-0.05, 0) is 38.3 Å². The van der Waals surface area contributed by atoms with Crippen molar-refractivity contribution in [3.8, 4) is 0 Å². The highest BCUT2D eigenvalue weighted by Gasteiger charge is 2.23. The van der Waals surface area contributed by atoms with Gasteiger partial charge in [-0.15, -0.1) is 0 Å². The summed E-state index contributed by atoms with van der Waals surface area (Å²) in [6, 6.07) is 8.78. The van der Waals surface area contributed by atoms with E-state index in [1.165, 1.54) is 0 Å². The molecule has 1 aromatic carbocycles. The molecule has 2 amide bonds. The van der Waals surface area contributed by atoms with Crippen LogP contribution in [0.5, 0.6) is 0 Å². The van der Waals surface area contributed by atoms with E-state index in [4.69, 9.17) is 4.74 Å².